The zero-order valence-corrected chi connectivity index (χ0v) is 13.3. The van der Waals surface area contributed by atoms with Gasteiger partial charge in [-0.1, -0.05) is 48.5 Å². The molecule has 2 aromatic rings. The molecule has 0 saturated carbocycles. The fraction of sp³-hybridized carbons (Fsp3) is 0.412. The highest BCUT2D eigenvalue weighted by molar-refractivity contribution is 7.71. The molecule has 1 aliphatic rings. The molecule has 110 valence electrons. The Bertz CT molecular complexity index is 654. The standard InChI is InChI=1S/C17H21N3S/c1-14-5-7-15(8-6-14)16-9-10-17(21)20(18-16)13-19-11-3-2-4-12-19/h5-10H,2-4,11-13H2,1H3. The number of benzene rings is 1. The maximum absolute atomic E-state index is 5.42. The number of aromatic nitrogens is 2. The van der Waals surface area contributed by atoms with Gasteiger partial charge in [-0.2, -0.15) is 5.10 Å². The molecule has 1 aromatic heterocycles. The molecule has 0 N–H and O–H groups in total. The minimum absolute atomic E-state index is 0.802. The van der Waals surface area contributed by atoms with Crippen LogP contribution in [-0.2, 0) is 6.67 Å². The Morgan fingerprint density at radius 2 is 1.71 bits per heavy atom. The number of likely N-dealkylation sites (tertiary alicyclic amines) is 1. The Morgan fingerprint density at radius 3 is 2.43 bits per heavy atom. The van der Waals surface area contributed by atoms with Crippen molar-refractivity contribution >= 4 is 12.2 Å². The molecule has 0 unspecified atom stereocenters. The number of aryl methyl sites for hydroxylation is 1. The Hall–Kier alpha value is -1.52. The highest BCUT2D eigenvalue weighted by Crippen LogP contribution is 2.17. The summed E-state index contributed by atoms with van der Waals surface area (Å²) in [6.45, 7) is 5.20. The van der Waals surface area contributed by atoms with Gasteiger partial charge in [-0.25, -0.2) is 4.68 Å². The summed E-state index contributed by atoms with van der Waals surface area (Å²) in [5.74, 6) is 0. The molecule has 0 aliphatic carbocycles. The molecule has 3 rings (SSSR count). The number of nitrogens with zero attached hydrogens (tertiary/aromatic N) is 3. The molecule has 21 heavy (non-hydrogen) atoms. The second-order valence-corrected chi connectivity index (χ2v) is 6.16. The first-order chi connectivity index (χ1) is 10.2. The number of rotatable bonds is 3. The van der Waals surface area contributed by atoms with E-state index >= 15 is 0 Å². The van der Waals surface area contributed by atoms with Gasteiger partial charge < -0.3 is 0 Å². The molecule has 4 heteroatoms. The second kappa shape index (κ2) is 6.50. The Morgan fingerprint density at radius 1 is 1.00 bits per heavy atom. The van der Waals surface area contributed by atoms with Gasteiger partial charge >= 0.3 is 0 Å². The first kappa shape index (κ1) is 14.4. The van der Waals surface area contributed by atoms with Gasteiger partial charge in [-0.15, -0.1) is 0 Å². The lowest BCUT2D eigenvalue weighted by Crippen LogP contribution is -2.32. The predicted octanol–water partition coefficient (Wildman–Crippen LogP) is 4.03. The topological polar surface area (TPSA) is 21.1 Å². The van der Waals surface area contributed by atoms with Crippen LogP contribution in [0.3, 0.4) is 0 Å². The fourth-order valence-electron chi connectivity index (χ4n) is 2.72. The van der Waals surface area contributed by atoms with Crippen molar-refractivity contribution in [3.63, 3.8) is 0 Å². The van der Waals surface area contributed by atoms with Crippen LogP contribution in [0.2, 0.25) is 0 Å². The summed E-state index contributed by atoms with van der Waals surface area (Å²) < 4.78 is 2.76. The van der Waals surface area contributed by atoms with Crippen LogP contribution in [-0.4, -0.2) is 27.8 Å². The number of piperidine rings is 1. The van der Waals surface area contributed by atoms with Gasteiger partial charge in [0.1, 0.15) is 4.64 Å². The van der Waals surface area contributed by atoms with Crippen LogP contribution in [0, 0.1) is 11.6 Å². The predicted molar refractivity (Wildman–Crippen MR) is 88.7 cm³/mol. The van der Waals surface area contributed by atoms with Crippen molar-refractivity contribution in [1.82, 2.24) is 14.7 Å². The van der Waals surface area contributed by atoms with Gasteiger partial charge in [0.05, 0.1) is 12.4 Å². The molecule has 0 radical (unpaired) electrons. The van der Waals surface area contributed by atoms with Gasteiger partial charge in [-0.3, -0.25) is 4.90 Å². The summed E-state index contributed by atoms with van der Waals surface area (Å²) in [6.07, 6.45) is 3.91. The summed E-state index contributed by atoms with van der Waals surface area (Å²) in [5.41, 5.74) is 3.39. The highest BCUT2D eigenvalue weighted by Gasteiger charge is 2.11. The van der Waals surface area contributed by atoms with Crippen molar-refractivity contribution in [3.05, 3.63) is 46.6 Å². The fourth-order valence-corrected chi connectivity index (χ4v) is 2.89. The van der Waals surface area contributed by atoms with Crippen LogP contribution in [0.5, 0.6) is 0 Å². The van der Waals surface area contributed by atoms with Crippen LogP contribution >= 0.6 is 12.2 Å². The molecule has 1 aliphatic heterocycles. The third-order valence-electron chi connectivity index (χ3n) is 4.00. The lowest BCUT2D eigenvalue weighted by atomic mass is 10.1. The first-order valence-electron chi connectivity index (χ1n) is 7.60. The van der Waals surface area contributed by atoms with Crippen molar-refractivity contribution in [1.29, 1.82) is 0 Å². The molecule has 0 spiro atoms. The third-order valence-corrected chi connectivity index (χ3v) is 4.34. The summed E-state index contributed by atoms with van der Waals surface area (Å²) in [7, 11) is 0. The van der Waals surface area contributed by atoms with E-state index in [1.165, 1.54) is 24.8 Å². The Balaban J connectivity index is 1.85. The minimum Gasteiger partial charge on any atom is -0.284 e. The quantitative estimate of drug-likeness (QED) is 0.798. The average Bonchev–Trinajstić information content (AvgIpc) is 2.51. The van der Waals surface area contributed by atoms with Gasteiger partial charge in [0.25, 0.3) is 0 Å². The van der Waals surface area contributed by atoms with Gasteiger partial charge in [0.2, 0.25) is 0 Å². The maximum atomic E-state index is 5.42. The van der Waals surface area contributed by atoms with E-state index < -0.39 is 0 Å². The number of hydrogen-bond donors (Lipinski definition) is 0. The van der Waals surface area contributed by atoms with Crippen molar-refractivity contribution in [2.45, 2.75) is 32.9 Å². The second-order valence-electron chi connectivity index (χ2n) is 5.74. The summed E-state index contributed by atoms with van der Waals surface area (Å²) in [4.78, 5) is 2.44. The van der Waals surface area contributed by atoms with Crippen molar-refractivity contribution in [3.8, 4) is 11.3 Å². The van der Waals surface area contributed by atoms with Crippen LogP contribution in [0.25, 0.3) is 11.3 Å². The van der Waals surface area contributed by atoms with Crippen molar-refractivity contribution in [2.75, 3.05) is 13.1 Å². The van der Waals surface area contributed by atoms with E-state index in [0.29, 0.717) is 0 Å². The third kappa shape index (κ3) is 3.57. The zero-order chi connectivity index (χ0) is 14.7. The Labute approximate surface area is 131 Å². The Kier molecular flexibility index (Phi) is 4.46. The number of hydrogen-bond acceptors (Lipinski definition) is 3. The van der Waals surface area contributed by atoms with E-state index in [1.54, 1.807) is 0 Å². The monoisotopic (exact) mass is 299 g/mol. The van der Waals surface area contributed by atoms with E-state index in [1.807, 2.05) is 16.8 Å². The van der Waals surface area contributed by atoms with Crippen LogP contribution < -0.4 is 0 Å². The van der Waals surface area contributed by atoms with Gasteiger partial charge in [0.15, 0.2) is 0 Å². The van der Waals surface area contributed by atoms with Crippen molar-refractivity contribution in [2.24, 2.45) is 0 Å². The summed E-state index contributed by atoms with van der Waals surface area (Å²) in [5, 5.41) is 4.74. The smallest absolute Gasteiger partial charge is 0.124 e. The largest absolute Gasteiger partial charge is 0.284 e. The van der Waals surface area contributed by atoms with E-state index in [-0.39, 0.29) is 0 Å². The highest BCUT2D eigenvalue weighted by atomic mass is 32.1. The average molecular weight is 299 g/mol. The van der Waals surface area contributed by atoms with Crippen molar-refractivity contribution < 1.29 is 0 Å². The van der Waals surface area contributed by atoms with E-state index in [2.05, 4.69) is 36.1 Å². The van der Waals surface area contributed by atoms with E-state index in [9.17, 15) is 0 Å². The normalized spacial score (nSPS) is 16.0. The molecule has 0 atom stereocenters. The molecular formula is C17H21N3S. The zero-order valence-electron chi connectivity index (χ0n) is 12.5. The minimum atomic E-state index is 0.802. The van der Waals surface area contributed by atoms with Gasteiger partial charge in [0, 0.05) is 5.56 Å². The van der Waals surface area contributed by atoms with Crippen LogP contribution in [0.1, 0.15) is 24.8 Å². The van der Waals surface area contributed by atoms with Gasteiger partial charge in [-0.05, 0) is 45.0 Å². The van der Waals surface area contributed by atoms with E-state index in [4.69, 9.17) is 17.3 Å². The molecule has 1 fully saturated rings. The first-order valence-corrected chi connectivity index (χ1v) is 8.01. The SMILES string of the molecule is Cc1ccc(-c2ccc(=S)n(CN3CCCCC3)n2)cc1. The summed E-state index contributed by atoms with van der Waals surface area (Å²) in [6, 6.07) is 12.5. The molecule has 0 bridgehead atoms. The summed E-state index contributed by atoms with van der Waals surface area (Å²) >= 11 is 5.42. The van der Waals surface area contributed by atoms with E-state index in [0.717, 1.165) is 35.7 Å². The van der Waals surface area contributed by atoms with Crippen LogP contribution in [0.4, 0.5) is 0 Å². The molecule has 1 saturated heterocycles. The molecular weight excluding hydrogens is 278 g/mol. The molecule has 0 amide bonds. The van der Waals surface area contributed by atoms with Crippen LogP contribution in [0.15, 0.2) is 36.4 Å². The molecule has 2 heterocycles. The maximum Gasteiger partial charge on any atom is 0.124 e. The lowest BCUT2D eigenvalue weighted by molar-refractivity contribution is 0.171. The molecule has 1 aromatic carbocycles. The lowest BCUT2D eigenvalue weighted by Gasteiger charge is -2.26. The molecule has 3 nitrogen and oxygen atoms in total.